The van der Waals surface area contributed by atoms with Crippen molar-refractivity contribution in [3.63, 3.8) is 0 Å². The third kappa shape index (κ3) is 5.76. The normalized spacial score (nSPS) is 11.4. The Kier molecular flexibility index (Phi) is 8.23. The Balaban J connectivity index is 1.08. The molecule has 270 valence electrons. The molecule has 0 N–H and O–H groups in total. The Hall–Kier alpha value is -7.61. The largest absolute Gasteiger partial charge is 0.247 e. The van der Waals surface area contributed by atoms with Crippen LogP contribution >= 0.6 is 0 Å². The second-order valence-corrected chi connectivity index (χ2v) is 15.0. The van der Waals surface area contributed by atoms with Crippen LogP contribution in [0.1, 0.15) is 0 Å². The van der Waals surface area contributed by atoms with Crippen LogP contribution in [0, 0.1) is 0 Å². The zero-order valence-electron chi connectivity index (χ0n) is 31.8. The third-order valence-electron chi connectivity index (χ3n) is 11.7. The van der Waals surface area contributed by atoms with Crippen LogP contribution in [0.25, 0.3) is 110 Å². The van der Waals surface area contributed by atoms with E-state index in [4.69, 9.17) is 4.98 Å². The number of fused-ring (bicyclic) bond motifs is 4. The van der Waals surface area contributed by atoms with Crippen LogP contribution in [0.3, 0.4) is 0 Å². The maximum Gasteiger partial charge on any atom is 0.0794 e. The molecule has 0 aliphatic rings. The number of aromatic nitrogens is 1. The van der Waals surface area contributed by atoms with Crippen molar-refractivity contribution in [3.05, 3.63) is 224 Å². The Labute approximate surface area is 338 Å². The number of pyridine rings is 1. The van der Waals surface area contributed by atoms with E-state index in [0.29, 0.717) is 0 Å². The topological polar surface area (TPSA) is 12.9 Å². The van der Waals surface area contributed by atoms with E-state index < -0.39 is 0 Å². The van der Waals surface area contributed by atoms with Gasteiger partial charge in [-0.3, -0.25) is 0 Å². The monoisotopic (exact) mass is 735 g/mol. The molecule has 0 aliphatic heterocycles. The summed E-state index contributed by atoms with van der Waals surface area (Å²) in [5, 5.41) is 9.83. The molecule has 0 radical (unpaired) electrons. The molecule has 0 spiro atoms. The summed E-state index contributed by atoms with van der Waals surface area (Å²) in [5.74, 6) is 0. The Bertz CT molecular complexity index is 3300. The lowest BCUT2D eigenvalue weighted by molar-refractivity contribution is 1.33. The zero-order valence-corrected chi connectivity index (χ0v) is 31.8. The van der Waals surface area contributed by atoms with Gasteiger partial charge in [0.25, 0.3) is 0 Å². The maximum atomic E-state index is 5.50. The number of nitrogens with zero attached hydrogens (tertiary/aromatic N) is 1. The summed E-state index contributed by atoms with van der Waals surface area (Å²) in [4.78, 5) is 5.50. The second-order valence-electron chi connectivity index (χ2n) is 15.0. The minimum Gasteiger partial charge on any atom is -0.247 e. The van der Waals surface area contributed by atoms with Crippen LogP contribution in [0.15, 0.2) is 224 Å². The molecule has 0 saturated heterocycles. The molecule has 0 saturated carbocycles. The molecular formula is C57H37N. The van der Waals surface area contributed by atoms with Crippen LogP contribution in [0.4, 0.5) is 0 Å². The van der Waals surface area contributed by atoms with E-state index in [1.807, 2.05) is 0 Å². The molecule has 1 aromatic heterocycles. The standard InChI is InChI=1S/C57H37N/c1-3-17-42(18-4-1)55-49-25-11-12-26-50(49)56(43-19-5-2-6-20-43)53-37-44(33-34-51(53)55)38-29-31-41(32-30-38)47-35-36-54(48-27-13-21-39-15-7-9-23-45(39)48)58-57(47)52-28-14-22-40-16-8-10-24-46(40)52/h1-37H. The van der Waals surface area contributed by atoms with Gasteiger partial charge in [0.1, 0.15) is 0 Å². The first-order chi connectivity index (χ1) is 28.8. The molecule has 0 amide bonds. The highest BCUT2D eigenvalue weighted by atomic mass is 14.7. The maximum absolute atomic E-state index is 5.50. The molecule has 0 aliphatic carbocycles. The van der Waals surface area contributed by atoms with Gasteiger partial charge in [-0.25, -0.2) is 4.98 Å². The van der Waals surface area contributed by atoms with Gasteiger partial charge in [-0.15, -0.1) is 0 Å². The lowest BCUT2D eigenvalue weighted by Crippen LogP contribution is -1.94. The fourth-order valence-electron chi connectivity index (χ4n) is 8.96. The SMILES string of the molecule is c1ccc(-c2c3ccccc3c(-c3ccccc3)c3cc(-c4ccc(-c5ccc(-c6cccc7ccccc67)nc5-c5cccc6ccccc56)cc4)ccc23)cc1. The fraction of sp³-hybridized carbons (Fsp3) is 0. The van der Waals surface area contributed by atoms with Gasteiger partial charge >= 0.3 is 0 Å². The molecule has 0 bridgehead atoms. The van der Waals surface area contributed by atoms with E-state index in [-0.39, 0.29) is 0 Å². The van der Waals surface area contributed by atoms with E-state index in [1.165, 1.54) is 76.5 Å². The van der Waals surface area contributed by atoms with Gasteiger partial charge in [-0.1, -0.05) is 212 Å². The molecule has 0 fully saturated rings. The number of hydrogen-bond acceptors (Lipinski definition) is 1. The summed E-state index contributed by atoms with van der Waals surface area (Å²) in [7, 11) is 0. The van der Waals surface area contributed by atoms with Crippen molar-refractivity contribution in [2.75, 3.05) is 0 Å². The number of hydrogen-bond donors (Lipinski definition) is 0. The summed E-state index contributed by atoms with van der Waals surface area (Å²) in [6.07, 6.45) is 0. The highest BCUT2D eigenvalue weighted by Gasteiger charge is 2.19. The Morgan fingerprint density at radius 1 is 0.241 bits per heavy atom. The third-order valence-corrected chi connectivity index (χ3v) is 11.7. The molecule has 1 nitrogen and oxygen atoms in total. The molecule has 10 aromatic carbocycles. The average molecular weight is 736 g/mol. The fourth-order valence-corrected chi connectivity index (χ4v) is 8.96. The zero-order chi connectivity index (χ0) is 38.4. The van der Waals surface area contributed by atoms with Crippen LogP contribution < -0.4 is 0 Å². The lowest BCUT2D eigenvalue weighted by atomic mass is 9.85. The van der Waals surface area contributed by atoms with Crippen LogP contribution in [-0.4, -0.2) is 4.98 Å². The molecule has 11 rings (SSSR count). The molecule has 1 heterocycles. The highest BCUT2D eigenvalue weighted by molar-refractivity contribution is 6.22. The second kappa shape index (κ2) is 14.2. The first kappa shape index (κ1) is 33.7. The minimum absolute atomic E-state index is 0.966. The summed E-state index contributed by atoms with van der Waals surface area (Å²) >= 11 is 0. The van der Waals surface area contributed by atoms with E-state index >= 15 is 0 Å². The summed E-state index contributed by atoms with van der Waals surface area (Å²) < 4.78 is 0. The predicted molar refractivity (Wildman–Crippen MR) is 247 cm³/mol. The van der Waals surface area contributed by atoms with E-state index in [2.05, 4.69) is 224 Å². The molecule has 1 heteroatoms. The molecule has 0 atom stereocenters. The molecule has 11 aromatic rings. The molecule has 58 heavy (non-hydrogen) atoms. The van der Waals surface area contributed by atoms with Gasteiger partial charge in [0.15, 0.2) is 0 Å². The van der Waals surface area contributed by atoms with Crippen molar-refractivity contribution in [1.29, 1.82) is 0 Å². The van der Waals surface area contributed by atoms with Crippen molar-refractivity contribution in [3.8, 4) is 67.0 Å². The van der Waals surface area contributed by atoms with Crippen LogP contribution in [0.2, 0.25) is 0 Å². The van der Waals surface area contributed by atoms with Gasteiger partial charge in [0.2, 0.25) is 0 Å². The van der Waals surface area contributed by atoms with Gasteiger partial charge in [0, 0.05) is 16.7 Å². The quantitative estimate of drug-likeness (QED) is 0.155. The van der Waals surface area contributed by atoms with Gasteiger partial charge in [-0.05, 0) is 94.2 Å². The predicted octanol–water partition coefficient (Wildman–Crippen LogP) is 15.7. The van der Waals surface area contributed by atoms with Crippen LogP contribution in [0.5, 0.6) is 0 Å². The molecular weight excluding hydrogens is 699 g/mol. The number of rotatable bonds is 6. The van der Waals surface area contributed by atoms with Crippen molar-refractivity contribution in [2.24, 2.45) is 0 Å². The average Bonchev–Trinajstić information content (AvgIpc) is 3.30. The van der Waals surface area contributed by atoms with Crippen molar-refractivity contribution in [1.82, 2.24) is 4.98 Å². The van der Waals surface area contributed by atoms with E-state index in [0.717, 1.165) is 33.6 Å². The summed E-state index contributed by atoms with van der Waals surface area (Å²) in [5.41, 5.74) is 13.8. The minimum atomic E-state index is 0.966. The Morgan fingerprint density at radius 3 is 1.34 bits per heavy atom. The van der Waals surface area contributed by atoms with E-state index in [1.54, 1.807) is 0 Å². The molecule has 0 unspecified atom stereocenters. The first-order valence-electron chi connectivity index (χ1n) is 20.0. The van der Waals surface area contributed by atoms with Gasteiger partial charge in [0.05, 0.1) is 11.4 Å². The smallest absolute Gasteiger partial charge is 0.0794 e. The number of benzene rings is 10. The first-order valence-corrected chi connectivity index (χ1v) is 20.0. The Morgan fingerprint density at radius 2 is 0.707 bits per heavy atom. The highest BCUT2D eigenvalue weighted by Crippen LogP contribution is 2.45. The van der Waals surface area contributed by atoms with E-state index in [9.17, 15) is 0 Å². The van der Waals surface area contributed by atoms with Crippen molar-refractivity contribution >= 4 is 43.1 Å². The van der Waals surface area contributed by atoms with Gasteiger partial charge in [-0.2, -0.15) is 0 Å². The van der Waals surface area contributed by atoms with Crippen molar-refractivity contribution < 1.29 is 0 Å². The van der Waals surface area contributed by atoms with Crippen molar-refractivity contribution in [2.45, 2.75) is 0 Å². The van der Waals surface area contributed by atoms with Gasteiger partial charge < -0.3 is 0 Å². The van der Waals surface area contributed by atoms with Crippen LogP contribution in [-0.2, 0) is 0 Å². The summed E-state index contributed by atoms with van der Waals surface area (Å²) in [6, 6.07) is 81.2. The lowest BCUT2D eigenvalue weighted by Gasteiger charge is -2.19. The summed E-state index contributed by atoms with van der Waals surface area (Å²) in [6.45, 7) is 0.